The molecule has 0 unspecified atom stereocenters. The zero-order chi connectivity index (χ0) is 22.5. The maximum absolute atomic E-state index is 13.5. The molecule has 0 radical (unpaired) electrons. The highest BCUT2D eigenvalue weighted by Gasteiger charge is 2.62. The number of carbonyl (C=O) groups is 3. The summed E-state index contributed by atoms with van der Waals surface area (Å²) in [5.41, 5.74) is 0.888. The predicted molar refractivity (Wildman–Crippen MR) is 123 cm³/mol. The fourth-order valence-corrected chi connectivity index (χ4v) is 6.27. The lowest BCUT2D eigenvalue weighted by atomic mass is 9.81. The Kier molecular flexibility index (Phi) is 4.79. The summed E-state index contributed by atoms with van der Waals surface area (Å²) in [4.78, 5) is 41.6. The molecule has 3 aromatic carbocycles. The molecule has 0 aromatic heterocycles. The highest BCUT2D eigenvalue weighted by Crippen LogP contribution is 2.56. The van der Waals surface area contributed by atoms with E-state index in [2.05, 4.69) is 0 Å². The van der Waals surface area contributed by atoms with E-state index in [0.29, 0.717) is 5.75 Å². The van der Waals surface area contributed by atoms with Crippen molar-refractivity contribution in [2.75, 3.05) is 0 Å². The summed E-state index contributed by atoms with van der Waals surface area (Å²) in [6, 6.07) is 21.8. The number of nitrogens with zero attached hydrogens (tertiary/aromatic N) is 1. The first-order valence-electron chi connectivity index (χ1n) is 11.7. The molecule has 0 N–H and O–H groups in total. The van der Waals surface area contributed by atoms with Crippen LogP contribution in [0.1, 0.15) is 24.8 Å². The van der Waals surface area contributed by atoms with Crippen LogP contribution in [0.4, 0.5) is 0 Å². The molecule has 1 aliphatic heterocycles. The van der Waals surface area contributed by atoms with Gasteiger partial charge in [0.1, 0.15) is 11.8 Å². The Balaban J connectivity index is 1.32. The smallest absolute Gasteiger partial charge is 0.335 e. The Hall–Kier alpha value is -3.47. The number of hydrogen-bond acceptors (Lipinski definition) is 4. The van der Waals surface area contributed by atoms with Gasteiger partial charge < -0.3 is 4.74 Å². The quantitative estimate of drug-likeness (QED) is 0.336. The second kappa shape index (κ2) is 7.84. The van der Waals surface area contributed by atoms with Gasteiger partial charge in [-0.1, -0.05) is 60.7 Å². The fraction of sp³-hybridized carbons (Fsp3) is 0.321. The molecule has 1 heterocycles. The van der Waals surface area contributed by atoms with Crippen molar-refractivity contribution in [3.63, 3.8) is 0 Å². The zero-order valence-electron chi connectivity index (χ0n) is 18.2. The van der Waals surface area contributed by atoms with Crippen molar-refractivity contribution in [2.45, 2.75) is 31.7 Å². The Morgan fingerprint density at radius 3 is 2.18 bits per heavy atom. The Bertz CT molecular complexity index is 1230. The molecule has 1 saturated heterocycles. The molecule has 5 atom stereocenters. The first-order valence-corrected chi connectivity index (χ1v) is 11.7. The van der Waals surface area contributed by atoms with Crippen LogP contribution in [0, 0.1) is 23.7 Å². The van der Waals surface area contributed by atoms with Crippen molar-refractivity contribution >= 4 is 28.6 Å². The molecule has 2 amide bonds. The average Bonchev–Trinajstić information content (AvgIpc) is 3.52. The molecule has 2 saturated carbocycles. The van der Waals surface area contributed by atoms with E-state index in [0.717, 1.165) is 35.6 Å². The molecule has 33 heavy (non-hydrogen) atoms. The highest BCUT2D eigenvalue weighted by molar-refractivity contribution is 6.08. The molecule has 5 nitrogen and oxygen atoms in total. The van der Waals surface area contributed by atoms with Crippen molar-refractivity contribution in [3.8, 4) is 5.75 Å². The predicted octanol–water partition coefficient (Wildman–Crippen LogP) is 4.39. The van der Waals surface area contributed by atoms with Gasteiger partial charge in [-0.25, -0.2) is 4.79 Å². The zero-order valence-corrected chi connectivity index (χ0v) is 18.2. The number of benzene rings is 3. The molecule has 2 bridgehead atoms. The van der Waals surface area contributed by atoms with E-state index in [1.807, 2.05) is 66.7 Å². The molecule has 5 heteroatoms. The van der Waals surface area contributed by atoms with Gasteiger partial charge in [0, 0.05) is 6.42 Å². The van der Waals surface area contributed by atoms with Crippen molar-refractivity contribution in [2.24, 2.45) is 23.7 Å². The van der Waals surface area contributed by atoms with Gasteiger partial charge in [-0.2, -0.15) is 0 Å². The van der Waals surface area contributed by atoms with Crippen molar-refractivity contribution in [1.82, 2.24) is 4.90 Å². The van der Waals surface area contributed by atoms with Gasteiger partial charge in [0.15, 0.2) is 0 Å². The van der Waals surface area contributed by atoms with Gasteiger partial charge in [0.05, 0.1) is 11.8 Å². The lowest BCUT2D eigenvalue weighted by Crippen LogP contribution is -2.49. The van der Waals surface area contributed by atoms with Crippen LogP contribution >= 0.6 is 0 Å². The number of hydrogen-bond donors (Lipinski definition) is 0. The van der Waals surface area contributed by atoms with E-state index in [1.54, 1.807) is 6.07 Å². The van der Waals surface area contributed by atoms with E-state index in [9.17, 15) is 14.4 Å². The van der Waals surface area contributed by atoms with Gasteiger partial charge >= 0.3 is 5.97 Å². The van der Waals surface area contributed by atoms with E-state index in [-0.39, 0.29) is 41.9 Å². The number of fused-ring (bicyclic) bond motifs is 6. The molecule has 0 spiro atoms. The normalized spacial score (nSPS) is 26.6. The number of likely N-dealkylation sites (tertiary alicyclic amines) is 1. The average molecular weight is 440 g/mol. The summed E-state index contributed by atoms with van der Waals surface area (Å²) in [6.07, 6.45) is 3.22. The lowest BCUT2D eigenvalue weighted by Gasteiger charge is -2.26. The summed E-state index contributed by atoms with van der Waals surface area (Å²) in [5.74, 6) is -0.502. The standard InChI is InChI=1S/C28H25NO4/c30-26-24-20-10-11-21(15-20)25(24)27(31)29(26)23(14-17-6-2-1-3-7-17)28(32)33-22-13-12-18-8-4-5-9-19(18)16-22/h1-9,12-13,16,20-21,23-25H,10-11,14-15H2/t20-,21-,23-,24+,25+/m0/s1. The van der Waals surface area contributed by atoms with E-state index in [4.69, 9.17) is 4.74 Å². The van der Waals surface area contributed by atoms with Crippen molar-refractivity contribution in [3.05, 3.63) is 78.4 Å². The summed E-state index contributed by atoms with van der Waals surface area (Å²) in [5, 5.41) is 2.01. The van der Waals surface area contributed by atoms with Crippen LogP contribution in [0.3, 0.4) is 0 Å². The van der Waals surface area contributed by atoms with Crippen LogP contribution in [0.25, 0.3) is 10.8 Å². The number of imide groups is 1. The number of esters is 1. The number of rotatable bonds is 5. The lowest BCUT2D eigenvalue weighted by molar-refractivity contribution is -0.154. The van der Waals surface area contributed by atoms with Gasteiger partial charge in [0.25, 0.3) is 0 Å². The van der Waals surface area contributed by atoms with E-state index >= 15 is 0 Å². The minimum Gasteiger partial charge on any atom is -0.425 e. The largest absolute Gasteiger partial charge is 0.425 e. The topological polar surface area (TPSA) is 63.7 Å². The summed E-state index contributed by atoms with van der Waals surface area (Å²) < 4.78 is 5.77. The van der Waals surface area contributed by atoms with Gasteiger partial charge in [-0.3, -0.25) is 14.5 Å². The first-order chi connectivity index (χ1) is 16.1. The maximum atomic E-state index is 13.5. The summed E-state index contributed by atoms with van der Waals surface area (Å²) in [6.45, 7) is 0. The van der Waals surface area contributed by atoms with Gasteiger partial charge in [-0.05, 0) is 59.6 Å². The Morgan fingerprint density at radius 1 is 0.848 bits per heavy atom. The molecule has 3 fully saturated rings. The monoisotopic (exact) mass is 439 g/mol. The van der Waals surface area contributed by atoms with Crippen LogP contribution in [0.15, 0.2) is 72.8 Å². The van der Waals surface area contributed by atoms with E-state index < -0.39 is 12.0 Å². The number of carbonyl (C=O) groups excluding carboxylic acids is 3. The Morgan fingerprint density at radius 2 is 1.48 bits per heavy atom. The minimum absolute atomic E-state index is 0.186. The van der Waals surface area contributed by atoms with Crippen LogP contribution < -0.4 is 4.74 Å². The third kappa shape index (κ3) is 3.34. The molecular formula is C28H25NO4. The SMILES string of the molecule is O=C(Oc1ccc2ccccc2c1)[C@H](Cc1ccccc1)N1C(=O)[C@@H]2[C@H]3CC[C@@H](C3)[C@H]2C1=O. The second-order valence-corrected chi connectivity index (χ2v) is 9.57. The fourth-order valence-electron chi connectivity index (χ4n) is 6.27. The summed E-state index contributed by atoms with van der Waals surface area (Å²) >= 11 is 0. The first kappa shape index (κ1) is 20.2. The third-order valence-electron chi connectivity index (χ3n) is 7.76. The molecule has 3 aromatic rings. The number of ether oxygens (including phenoxy) is 1. The van der Waals surface area contributed by atoms with Crippen LogP contribution in [0.2, 0.25) is 0 Å². The minimum atomic E-state index is -0.969. The maximum Gasteiger partial charge on any atom is 0.335 e. The van der Waals surface area contributed by atoms with Gasteiger partial charge in [0.2, 0.25) is 11.8 Å². The number of amides is 2. The second-order valence-electron chi connectivity index (χ2n) is 9.57. The molecule has 2 aliphatic carbocycles. The molecular weight excluding hydrogens is 414 g/mol. The van der Waals surface area contributed by atoms with Crippen molar-refractivity contribution in [1.29, 1.82) is 0 Å². The van der Waals surface area contributed by atoms with E-state index in [1.165, 1.54) is 4.90 Å². The Labute approximate surface area is 192 Å². The van der Waals surface area contributed by atoms with Crippen molar-refractivity contribution < 1.29 is 19.1 Å². The summed E-state index contributed by atoms with van der Waals surface area (Å²) in [7, 11) is 0. The molecule has 3 aliphatic rings. The van der Waals surface area contributed by atoms with Crippen LogP contribution in [0.5, 0.6) is 5.75 Å². The molecule has 166 valence electrons. The third-order valence-corrected chi connectivity index (χ3v) is 7.76. The van der Waals surface area contributed by atoms with Crippen LogP contribution in [-0.4, -0.2) is 28.7 Å². The molecule has 6 rings (SSSR count). The van der Waals surface area contributed by atoms with Crippen LogP contribution in [-0.2, 0) is 20.8 Å². The highest BCUT2D eigenvalue weighted by atomic mass is 16.5. The van der Waals surface area contributed by atoms with Gasteiger partial charge in [-0.15, -0.1) is 0 Å².